The van der Waals surface area contributed by atoms with Gasteiger partial charge in [0.25, 0.3) is 5.91 Å². The van der Waals surface area contributed by atoms with Crippen LogP contribution < -0.4 is 10.1 Å². The van der Waals surface area contributed by atoms with Gasteiger partial charge >= 0.3 is 0 Å². The molecule has 2 heterocycles. The Balaban J connectivity index is 1.32. The number of aromatic nitrogens is 1. The van der Waals surface area contributed by atoms with Gasteiger partial charge in [0.1, 0.15) is 21.5 Å². The summed E-state index contributed by atoms with van der Waals surface area (Å²) in [5.74, 6) is 0.520. The van der Waals surface area contributed by atoms with Gasteiger partial charge in [0, 0.05) is 36.7 Å². The minimum Gasteiger partial charge on any atom is -0.496 e. The molecule has 1 aromatic heterocycles. The van der Waals surface area contributed by atoms with Crippen LogP contribution in [0.15, 0.2) is 48.5 Å². The van der Waals surface area contributed by atoms with E-state index in [4.69, 9.17) is 4.74 Å². The fraction of sp³-hybridized carbons (Fsp3) is 0.370. The zero-order valence-corrected chi connectivity index (χ0v) is 21.0. The van der Waals surface area contributed by atoms with E-state index in [1.807, 2.05) is 43.0 Å². The van der Waals surface area contributed by atoms with Crippen molar-refractivity contribution in [2.75, 3.05) is 20.2 Å². The summed E-state index contributed by atoms with van der Waals surface area (Å²) in [6.07, 6.45) is 1.55. The summed E-state index contributed by atoms with van der Waals surface area (Å²) >= 11 is 1.34. The normalized spacial score (nSPS) is 15.0. The predicted octanol–water partition coefficient (Wildman–Crippen LogP) is 5.07. The van der Waals surface area contributed by atoms with Crippen molar-refractivity contribution in [2.45, 2.75) is 33.2 Å². The Morgan fingerprint density at radius 2 is 1.86 bits per heavy atom. The number of nitrogens with one attached hydrogen (secondary N) is 1. The van der Waals surface area contributed by atoms with Crippen LogP contribution in [0.25, 0.3) is 10.6 Å². The second-order valence-corrected chi connectivity index (χ2v) is 9.89. The third kappa shape index (κ3) is 5.70. The van der Waals surface area contributed by atoms with Crippen molar-refractivity contribution >= 4 is 23.2 Å². The fourth-order valence-corrected chi connectivity index (χ4v) is 5.50. The molecule has 1 N–H and O–H groups in total. The van der Waals surface area contributed by atoms with Crippen molar-refractivity contribution in [3.8, 4) is 16.3 Å². The number of nitrogens with zero attached hydrogens (tertiary/aromatic N) is 2. The number of ether oxygens (including phenoxy) is 1. The molecule has 0 bridgehead atoms. The SMILES string of the molecule is COc1ccccc1CNC(=O)[C@H](C)C1CCN(C(=O)c2sc(-c3ccc(F)cc3)nc2C)CC1. The van der Waals surface area contributed by atoms with Crippen LogP contribution in [0.4, 0.5) is 4.39 Å². The van der Waals surface area contributed by atoms with Gasteiger partial charge < -0.3 is 15.0 Å². The number of thiazole rings is 1. The third-order valence-corrected chi connectivity index (χ3v) is 7.87. The zero-order valence-electron chi connectivity index (χ0n) is 20.2. The van der Waals surface area contributed by atoms with Crippen LogP contribution in [0, 0.1) is 24.6 Å². The van der Waals surface area contributed by atoms with Gasteiger partial charge in [-0.25, -0.2) is 9.37 Å². The molecule has 1 aliphatic rings. The van der Waals surface area contributed by atoms with E-state index in [1.54, 1.807) is 19.2 Å². The van der Waals surface area contributed by atoms with Crippen LogP contribution in [0.2, 0.25) is 0 Å². The van der Waals surface area contributed by atoms with E-state index in [1.165, 1.54) is 23.5 Å². The molecule has 8 heteroatoms. The van der Waals surface area contributed by atoms with Gasteiger partial charge in [-0.1, -0.05) is 25.1 Å². The Morgan fingerprint density at radius 3 is 2.54 bits per heavy atom. The quantitative estimate of drug-likeness (QED) is 0.497. The molecule has 0 radical (unpaired) electrons. The van der Waals surface area contributed by atoms with Gasteiger partial charge in [0.05, 0.1) is 12.8 Å². The number of para-hydroxylation sites is 1. The lowest BCUT2D eigenvalue weighted by Crippen LogP contribution is -2.42. The number of hydrogen-bond acceptors (Lipinski definition) is 5. The number of rotatable bonds is 7. The number of hydrogen-bond donors (Lipinski definition) is 1. The second-order valence-electron chi connectivity index (χ2n) is 8.89. The molecule has 3 aromatic rings. The van der Waals surface area contributed by atoms with Crippen molar-refractivity contribution in [3.63, 3.8) is 0 Å². The van der Waals surface area contributed by atoms with E-state index >= 15 is 0 Å². The molecule has 2 aromatic carbocycles. The zero-order chi connectivity index (χ0) is 24.9. The molecule has 0 saturated carbocycles. The summed E-state index contributed by atoms with van der Waals surface area (Å²) in [6.45, 7) is 5.43. The number of halogens is 1. The summed E-state index contributed by atoms with van der Waals surface area (Å²) in [5.41, 5.74) is 2.42. The monoisotopic (exact) mass is 495 g/mol. The highest BCUT2D eigenvalue weighted by atomic mass is 32.1. The number of carbonyl (C=O) groups is 2. The molecule has 1 atom stereocenters. The van der Waals surface area contributed by atoms with E-state index in [0.29, 0.717) is 35.2 Å². The number of carbonyl (C=O) groups excluding carboxylic acids is 2. The Labute approximate surface area is 209 Å². The van der Waals surface area contributed by atoms with E-state index in [2.05, 4.69) is 10.3 Å². The maximum atomic E-state index is 13.2. The highest BCUT2D eigenvalue weighted by Crippen LogP contribution is 2.31. The first-order valence-corrected chi connectivity index (χ1v) is 12.6. The Hall–Kier alpha value is -3.26. The molecule has 0 aliphatic carbocycles. The van der Waals surface area contributed by atoms with E-state index in [-0.39, 0.29) is 29.5 Å². The third-order valence-electron chi connectivity index (χ3n) is 6.68. The van der Waals surface area contributed by atoms with Gasteiger partial charge in [-0.2, -0.15) is 0 Å². The molecular weight excluding hydrogens is 465 g/mol. The number of likely N-dealkylation sites (tertiary alicyclic amines) is 1. The van der Waals surface area contributed by atoms with Gasteiger partial charge in [-0.05, 0) is 56.0 Å². The minimum atomic E-state index is -0.302. The van der Waals surface area contributed by atoms with E-state index < -0.39 is 0 Å². The average molecular weight is 496 g/mol. The fourth-order valence-electron chi connectivity index (χ4n) is 4.46. The van der Waals surface area contributed by atoms with Crippen molar-refractivity contribution in [2.24, 2.45) is 11.8 Å². The van der Waals surface area contributed by atoms with Crippen molar-refractivity contribution in [1.29, 1.82) is 0 Å². The maximum Gasteiger partial charge on any atom is 0.265 e. The van der Waals surface area contributed by atoms with Crippen LogP contribution in [0.1, 0.15) is 40.7 Å². The smallest absolute Gasteiger partial charge is 0.265 e. The van der Waals surface area contributed by atoms with Gasteiger partial charge in [-0.3, -0.25) is 9.59 Å². The van der Waals surface area contributed by atoms with Gasteiger partial charge in [0.2, 0.25) is 5.91 Å². The second kappa shape index (κ2) is 11.0. The molecule has 4 rings (SSSR count). The summed E-state index contributed by atoms with van der Waals surface area (Å²) < 4.78 is 18.6. The van der Waals surface area contributed by atoms with Crippen molar-refractivity contribution < 1.29 is 18.7 Å². The molecule has 6 nitrogen and oxygen atoms in total. The Morgan fingerprint density at radius 1 is 1.17 bits per heavy atom. The summed E-state index contributed by atoms with van der Waals surface area (Å²) in [4.78, 5) is 33.0. The van der Waals surface area contributed by atoms with E-state index in [0.717, 1.165) is 29.7 Å². The first-order valence-electron chi connectivity index (χ1n) is 11.8. The van der Waals surface area contributed by atoms with Crippen molar-refractivity contribution in [3.05, 3.63) is 70.5 Å². The van der Waals surface area contributed by atoms with Crippen LogP contribution in [-0.4, -0.2) is 41.9 Å². The first-order chi connectivity index (χ1) is 16.9. The number of benzene rings is 2. The maximum absolute atomic E-state index is 13.2. The molecular formula is C27H30FN3O3S. The lowest BCUT2D eigenvalue weighted by Gasteiger charge is -2.34. The van der Waals surface area contributed by atoms with Gasteiger partial charge in [-0.15, -0.1) is 11.3 Å². The predicted molar refractivity (Wildman–Crippen MR) is 135 cm³/mol. The summed E-state index contributed by atoms with van der Waals surface area (Å²) in [5, 5.41) is 3.74. The standard InChI is InChI=1S/C27H30FN3O3S/c1-17(25(32)29-16-21-6-4-5-7-23(21)34-3)19-12-14-31(15-13-19)27(33)24-18(2)30-26(35-24)20-8-10-22(28)11-9-20/h4-11,17,19H,12-16H2,1-3H3,(H,29,32)/t17-/m1/s1. The highest BCUT2D eigenvalue weighted by Gasteiger charge is 2.31. The molecule has 1 saturated heterocycles. The lowest BCUT2D eigenvalue weighted by atomic mass is 9.84. The number of piperidine rings is 1. The number of methoxy groups -OCH3 is 1. The molecule has 2 amide bonds. The topological polar surface area (TPSA) is 71.5 Å². The Kier molecular flexibility index (Phi) is 7.80. The minimum absolute atomic E-state index is 0.0166. The summed E-state index contributed by atoms with van der Waals surface area (Å²) in [7, 11) is 1.62. The average Bonchev–Trinajstić information content (AvgIpc) is 3.28. The number of amides is 2. The molecule has 1 aliphatic heterocycles. The number of aryl methyl sites for hydroxylation is 1. The Bertz CT molecular complexity index is 1190. The highest BCUT2D eigenvalue weighted by molar-refractivity contribution is 7.17. The van der Waals surface area contributed by atoms with Crippen molar-refractivity contribution in [1.82, 2.24) is 15.2 Å². The molecule has 0 spiro atoms. The summed E-state index contributed by atoms with van der Waals surface area (Å²) in [6, 6.07) is 13.8. The molecule has 35 heavy (non-hydrogen) atoms. The lowest BCUT2D eigenvalue weighted by molar-refractivity contribution is -0.126. The molecule has 0 unspecified atom stereocenters. The van der Waals surface area contributed by atoms with Crippen LogP contribution in [0.3, 0.4) is 0 Å². The molecule has 1 fully saturated rings. The largest absolute Gasteiger partial charge is 0.496 e. The first kappa shape index (κ1) is 24.9. The van der Waals surface area contributed by atoms with Crippen LogP contribution >= 0.6 is 11.3 Å². The van der Waals surface area contributed by atoms with Gasteiger partial charge in [0.15, 0.2) is 0 Å². The molecule has 184 valence electrons. The van der Waals surface area contributed by atoms with E-state index in [9.17, 15) is 14.0 Å². The van der Waals surface area contributed by atoms with Crippen LogP contribution in [0.5, 0.6) is 5.75 Å². The van der Waals surface area contributed by atoms with Crippen LogP contribution in [-0.2, 0) is 11.3 Å².